The molecule has 0 fully saturated rings. The summed E-state index contributed by atoms with van der Waals surface area (Å²) in [6.07, 6.45) is 0. The lowest BCUT2D eigenvalue weighted by Gasteiger charge is -2.07. The van der Waals surface area contributed by atoms with Crippen LogP contribution in [-0.2, 0) is 0 Å². The summed E-state index contributed by atoms with van der Waals surface area (Å²) in [4.78, 5) is 4.73. The molecule has 0 spiro atoms. The number of aryl methyl sites for hydroxylation is 2. The molecular weight excluding hydrogens is 232 g/mol. The Morgan fingerprint density at radius 3 is 2.63 bits per heavy atom. The highest BCUT2D eigenvalue weighted by Gasteiger charge is 2.09. The van der Waals surface area contributed by atoms with E-state index < -0.39 is 0 Å². The lowest BCUT2D eigenvalue weighted by Crippen LogP contribution is -1.96. The van der Waals surface area contributed by atoms with Gasteiger partial charge in [-0.25, -0.2) is 4.98 Å². The van der Waals surface area contributed by atoms with Gasteiger partial charge in [0.05, 0.1) is 16.6 Å². The lowest BCUT2D eigenvalue weighted by molar-refractivity contribution is 1.05. The fraction of sp³-hybridized carbons (Fsp3) is 0.118. The summed E-state index contributed by atoms with van der Waals surface area (Å²) in [7, 11) is 0. The van der Waals surface area contributed by atoms with E-state index in [2.05, 4.69) is 66.8 Å². The quantitative estimate of drug-likeness (QED) is 0.453. The smallest absolute Gasteiger partial charge is 0.111 e. The number of rotatable bonds is 0. The Hall–Kier alpha value is -2.35. The molecule has 0 amide bonds. The molecule has 0 aliphatic heterocycles. The third kappa shape index (κ3) is 1.40. The van der Waals surface area contributed by atoms with Crippen LogP contribution < -0.4 is 0 Å². The van der Waals surface area contributed by atoms with E-state index in [0.29, 0.717) is 0 Å². The molecule has 0 unspecified atom stereocenters. The molecule has 2 nitrogen and oxygen atoms in total. The van der Waals surface area contributed by atoms with Crippen LogP contribution in [0.5, 0.6) is 0 Å². The molecule has 0 atom stereocenters. The average Bonchev–Trinajstić information content (AvgIpc) is 2.80. The summed E-state index contributed by atoms with van der Waals surface area (Å²) in [5, 5.41) is 2.49. The first kappa shape index (κ1) is 10.6. The number of hydrogen-bond acceptors (Lipinski definition) is 1. The van der Waals surface area contributed by atoms with Crippen LogP contribution in [0.3, 0.4) is 0 Å². The van der Waals surface area contributed by atoms with Crippen molar-refractivity contribution in [3.8, 4) is 0 Å². The summed E-state index contributed by atoms with van der Waals surface area (Å²) < 4.78 is 2.25. The van der Waals surface area contributed by atoms with Crippen molar-refractivity contribution < 1.29 is 0 Å². The molecule has 0 saturated heterocycles. The standard InChI is InChI=1S/C17H14N2/c1-11-7-8-15-14(9-11)17-10-13-5-3-4-6-16(13)19(17)12(2)18-15/h3-10H,1-2H3. The Bertz CT molecular complexity index is 932. The van der Waals surface area contributed by atoms with Gasteiger partial charge in [-0.1, -0.05) is 29.8 Å². The molecule has 19 heavy (non-hydrogen) atoms. The zero-order valence-corrected chi connectivity index (χ0v) is 11.0. The number of benzene rings is 2. The maximum absolute atomic E-state index is 4.73. The van der Waals surface area contributed by atoms with Gasteiger partial charge in [-0.3, -0.25) is 4.40 Å². The topological polar surface area (TPSA) is 17.3 Å². The van der Waals surface area contributed by atoms with E-state index in [9.17, 15) is 0 Å². The molecule has 0 radical (unpaired) electrons. The van der Waals surface area contributed by atoms with E-state index in [1.807, 2.05) is 0 Å². The molecule has 0 saturated carbocycles. The minimum absolute atomic E-state index is 1.03. The van der Waals surface area contributed by atoms with Crippen molar-refractivity contribution in [1.29, 1.82) is 0 Å². The average molecular weight is 246 g/mol. The Labute approximate surface area is 111 Å². The van der Waals surface area contributed by atoms with E-state index >= 15 is 0 Å². The van der Waals surface area contributed by atoms with Gasteiger partial charge in [-0.2, -0.15) is 0 Å². The number of hydrogen-bond donors (Lipinski definition) is 0. The van der Waals surface area contributed by atoms with Gasteiger partial charge in [0.15, 0.2) is 0 Å². The molecule has 0 aliphatic rings. The molecule has 4 aromatic rings. The summed E-state index contributed by atoms with van der Waals surface area (Å²) >= 11 is 0. The molecular formula is C17H14N2. The van der Waals surface area contributed by atoms with E-state index in [1.54, 1.807) is 0 Å². The van der Waals surface area contributed by atoms with Crippen LogP contribution in [0.15, 0.2) is 48.5 Å². The minimum atomic E-state index is 1.03. The minimum Gasteiger partial charge on any atom is -0.297 e. The molecule has 2 aromatic heterocycles. The highest BCUT2D eigenvalue weighted by Crippen LogP contribution is 2.27. The predicted octanol–water partition coefficient (Wildman–Crippen LogP) is 4.26. The fourth-order valence-electron chi connectivity index (χ4n) is 2.88. The van der Waals surface area contributed by atoms with Crippen LogP contribution in [0.2, 0.25) is 0 Å². The van der Waals surface area contributed by atoms with E-state index in [-0.39, 0.29) is 0 Å². The Kier molecular flexibility index (Phi) is 1.99. The molecule has 4 rings (SSSR count). The highest BCUT2D eigenvalue weighted by atomic mass is 15.0. The normalized spacial score (nSPS) is 11.7. The van der Waals surface area contributed by atoms with Crippen molar-refractivity contribution in [3.63, 3.8) is 0 Å². The predicted molar refractivity (Wildman–Crippen MR) is 79.7 cm³/mol. The van der Waals surface area contributed by atoms with Gasteiger partial charge in [-0.15, -0.1) is 0 Å². The summed E-state index contributed by atoms with van der Waals surface area (Å²) in [5.41, 5.74) is 4.81. The molecule has 0 bridgehead atoms. The molecule has 2 heterocycles. The first-order chi connectivity index (χ1) is 9.24. The van der Waals surface area contributed by atoms with Gasteiger partial charge in [-0.05, 0) is 38.1 Å². The Balaban J connectivity index is 2.35. The van der Waals surface area contributed by atoms with E-state index in [1.165, 1.54) is 27.4 Å². The number of nitrogens with zero attached hydrogens (tertiary/aromatic N) is 2. The third-order valence-corrected chi connectivity index (χ3v) is 3.74. The van der Waals surface area contributed by atoms with Crippen molar-refractivity contribution >= 4 is 27.3 Å². The van der Waals surface area contributed by atoms with Crippen molar-refractivity contribution in [1.82, 2.24) is 9.38 Å². The SMILES string of the molecule is Cc1ccc2nc(C)n3c4ccccc4cc3c2c1. The van der Waals surface area contributed by atoms with Crippen molar-refractivity contribution in [2.24, 2.45) is 0 Å². The third-order valence-electron chi connectivity index (χ3n) is 3.74. The van der Waals surface area contributed by atoms with Gasteiger partial charge in [0.25, 0.3) is 0 Å². The second-order valence-electron chi connectivity index (χ2n) is 5.10. The van der Waals surface area contributed by atoms with Crippen LogP contribution in [0.4, 0.5) is 0 Å². The van der Waals surface area contributed by atoms with Crippen molar-refractivity contribution in [2.45, 2.75) is 13.8 Å². The Morgan fingerprint density at radius 1 is 0.895 bits per heavy atom. The number of aromatic nitrogens is 2. The van der Waals surface area contributed by atoms with Crippen LogP contribution in [0.1, 0.15) is 11.4 Å². The first-order valence-electron chi connectivity index (χ1n) is 6.51. The van der Waals surface area contributed by atoms with Gasteiger partial charge in [0.2, 0.25) is 0 Å². The lowest BCUT2D eigenvalue weighted by atomic mass is 10.1. The van der Waals surface area contributed by atoms with E-state index in [4.69, 9.17) is 4.98 Å². The largest absolute Gasteiger partial charge is 0.297 e. The van der Waals surface area contributed by atoms with Crippen LogP contribution in [0.25, 0.3) is 27.3 Å². The molecule has 92 valence electrons. The van der Waals surface area contributed by atoms with Crippen molar-refractivity contribution in [3.05, 3.63) is 59.9 Å². The first-order valence-corrected chi connectivity index (χ1v) is 6.51. The van der Waals surface area contributed by atoms with Gasteiger partial charge in [0, 0.05) is 10.8 Å². The van der Waals surface area contributed by atoms with Crippen molar-refractivity contribution in [2.75, 3.05) is 0 Å². The molecule has 2 heteroatoms. The molecule has 0 aliphatic carbocycles. The zero-order chi connectivity index (χ0) is 13.0. The van der Waals surface area contributed by atoms with Gasteiger partial charge >= 0.3 is 0 Å². The monoisotopic (exact) mass is 246 g/mol. The summed E-state index contributed by atoms with van der Waals surface area (Å²) in [5.74, 6) is 1.03. The summed E-state index contributed by atoms with van der Waals surface area (Å²) in [6.45, 7) is 4.19. The number of para-hydroxylation sites is 1. The number of fused-ring (bicyclic) bond motifs is 5. The van der Waals surface area contributed by atoms with Gasteiger partial charge < -0.3 is 0 Å². The highest BCUT2D eigenvalue weighted by molar-refractivity contribution is 6.01. The van der Waals surface area contributed by atoms with Crippen LogP contribution >= 0.6 is 0 Å². The van der Waals surface area contributed by atoms with E-state index in [0.717, 1.165) is 11.3 Å². The Morgan fingerprint density at radius 2 is 1.74 bits per heavy atom. The molecule has 0 N–H and O–H groups in total. The fourth-order valence-corrected chi connectivity index (χ4v) is 2.88. The maximum Gasteiger partial charge on any atom is 0.111 e. The second kappa shape index (κ2) is 3.58. The summed E-state index contributed by atoms with van der Waals surface area (Å²) in [6, 6.07) is 17.2. The van der Waals surface area contributed by atoms with Crippen LogP contribution in [0, 0.1) is 13.8 Å². The van der Waals surface area contributed by atoms with Crippen LogP contribution in [-0.4, -0.2) is 9.38 Å². The zero-order valence-electron chi connectivity index (χ0n) is 11.0. The maximum atomic E-state index is 4.73. The molecule has 2 aromatic carbocycles. The van der Waals surface area contributed by atoms with Gasteiger partial charge in [0.1, 0.15) is 5.82 Å². The second-order valence-corrected chi connectivity index (χ2v) is 5.10.